The lowest BCUT2D eigenvalue weighted by Gasteiger charge is -2.20. The van der Waals surface area contributed by atoms with Crippen molar-refractivity contribution in [2.45, 2.75) is 51.6 Å². The third-order valence-corrected chi connectivity index (χ3v) is 7.63. The van der Waals surface area contributed by atoms with Crippen molar-refractivity contribution in [1.29, 1.82) is 0 Å². The number of sulfonamides is 1. The summed E-state index contributed by atoms with van der Waals surface area (Å²) >= 11 is 0. The maximum atomic E-state index is 13.0. The molecule has 4 rings (SSSR count). The standard InChI is InChI=1S/C25H29N3O4S/c1-16-13-21(18(3)27(16)22-6-8-23(32-5)9-7-22)15-26-33(30,31)24-10-11-25-20(14-24)12-17(2)28(25)19(4)29/h6-11,13-14,17,26H,12,15H2,1-5H3. The Hall–Kier alpha value is -3.10. The average molecular weight is 468 g/mol. The second-order valence-electron chi connectivity index (χ2n) is 8.49. The van der Waals surface area contributed by atoms with Gasteiger partial charge in [0.15, 0.2) is 0 Å². The van der Waals surface area contributed by atoms with Gasteiger partial charge in [-0.15, -0.1) is 0 Å². The van der Waals surface area contributed by atoms with Crippen LogP contribution in [0.4, 0.5) is 5.69 Å². The third-order valence-electron chi connectivity index (χ3n) is 6.24. The van der Waals surface area contributed by atoms with Crippen LogP contribution in [0.1, 0.15) is 36.4 Å². The summed E-state index contributed by atoms with van der Waals surface area (Å²) in [5.74, 6) is 0.742. The van der Waals surface area contributed by atoms with Crippen LogP contribution >= 0.6 is 0 Å². The highest BCUT2D eigenvalue weighted by molar-refractivity contribution is 7.89. The van der Waals surface area contributed by atoms with Gasteiger partial charge in [-0.25, -0.2) is 13.1 Å². The number of carbonyl (C=O) groups is 1. The molecule has 8 heteroatoms. The molecule has 1 amide bonds. The first-order valence-electron chi connectivity index (χ1n) is 10.9. The zero-order valence-corrected chi connectivity index (χ0v) is 20.4. The first kappa shape index (κ1) is 23.1. The highest BCUT2D eigenvalue weighted by Crippen LogP contribution is 2.34. The lowest BCUT2D eigenvalue weighted by atomic mass is 10.1. The number of rotatable bonds is 6. The molecule has 3 aromatic rings. The van der Waals surface area contributed by atoms with Crippen LogP contribution in [0.2, 0.25) is 0 Å². The zero-order chi connectivity index (χ0) is 23.9. The van der Waals surface area contributed by atoms with E-state index in [0.29, 0.717) is 6.42 Å². The molecule has 2 aromatic carbocycles. The van der Waals surface area contributed by atoms with Gasteiger partial charge < -0.3 is 14.2 Å². The molecule has 174 valence electrons. The number of anilines is 1. The molecule has 0 aliphatic carbocycles. The molecule has 0 radical (unpaired) electrons. The number of benzene rings is 2. The summed E-state index contributed by atoms with van der Waals surface area (Å²) in [6, 6.07) is 14.7. The lowest BCUT2D eigenvalue weighted by molar-refractivity contribution is -0.116. The number of carbonyl (C=O) groups excluding carboxylic acids is 1. The number of nitrogens with zero attached hydrogens (tertiary/aromatic N) is 2. The van der Waals surface area contributed by atoms with Gasteiger partial charge in [0.05, 0.1) is 12.0 Å². The Bertz CT molecular complexity index is 1310. The van der Waals surface area contributed by atoms with E-state index in [-0.39, 0.29) is 23.4 Å². The van der Waals surface area contributed by atoms with Crippen LogP contribution in [0, 0.1) is 13.8 Å². The van der Waals surface area contributed by atoms with Gasteiger partial charge in [0, 0.05) is 42.3 Å². The molecule has 0 saturated carbocycles. The zero-order valence-electron chi connectivity index (χ0n) is 19.5. The largest absolute Gasteiger partial charge is 0.497 e. The predicted octanol–water partition coefficient (Wildman–Crippen LogP) is 3.88. The molecule has 0 saturated heterocycles. The average Bonchev–Trinajstić information content (AvgIpc) is 3.26. The van der Waals surface area contributed by atoms with Crippen molar-refractivity contribution in [3.05, 3.63) is 71.0 Å². The van der Waals surface area contributed by atoms with E-state index in [9.17, 15) is 13.2 Å². The van der Waals surface area contributed by atoms with Gasteiger partial charge in [-0.2, -0.15) is 0 Å². The highest BCUT2D eigenvalue weighted by atomic mass is 32.2. The number of amides is 1. The van der Waals surface area contributed by atoms with Crippen LogP contribution in [0.25, 0.3) is 5.69 Å². The van der Waals surface area contributed by atoms with Crippen LogP contribution in [-0.2, 0) is 27.8 Å². The van der Waals surface area contributed by atoms with Crippen molar-refractivity contribution >= 4 is 21.6 Å². The first-order chi connectivity index (χ1) is 15.6. The molecular weight excluding hydrogens is 438 g/mol. The molecule has 1 unspecified atom stereocenters. The number of hydrogen-bond donors (Lipinski definition) is 1. The van der Waals surface area contributed by atoms with Crippen molar-refractivity contribution in [2.75, 3.05) is 12.0 Å². The van der Waals surface area contributed by atoms with Gasteiger partial charge in [-0.05, 0) is 86.8 Å². The van der Waals surface area contributed by atoms with Crippen LogP contribution in [0.15, 0.2) is 53.4 Å². The van der Waals surface area contributed by atoms with Gasteiger partial charge in [0.25, 0.3) is 0 Å². The quantitative estimate of drug-likeness (QED) is 0.597. The molecule has 0 fully saturated rings. The van der Waals surface area contributed by atoms with Crippen molar-refractivity contribution in [2.24, 2.45) is 0 Å². The molecule has 1 N–H and O–H groups in total. The summed E-state index contributed by atoms with van der Waals surface area (Å²) in [6.07, 6.45) is 0.640. The van der Waals surface area contributed by atoms with Gasteiger partial charge in [-0.3, -0.25) is 4.79 Å². The number of ether oxygens (including phenoxy) is 1. The van der Waals surface area contributed by atoms with E-state index in [4.69, 9.17) is 4.74 Å². The molecule has 1 aromatic heterocycles. The van der Waals surface area contributed by atoms with Crippen molar-refractivity contribution in [1.82, 2.24) is 9.29 Å². The van der Waals surface area contributed by atoms with Crippen molar-refractivity contribution < 1.29 is 17.9 Å². The topological polar surface area (TPSA) is 80.6 Å². The van der Waals surface area contributed by atoms with Crippen molar-refractivity contribution in [3.63, 3.8) is 0 Å². The molecule has 1 aliphatic heterocycles. The Balaban J connectivity index is 1.55. The Kier molecular flexibility index (Phi) is 6.07. The van der Waals surface area contributed by atoms with Crippen LogP contribution < -0.4 is 14.4 Å². The van der Waals surface area contributed by atoms with E-state index in [0.717, 1.165) is 39.6 Å². The Morgan fingerprint density at radius 2 is 1.82 bits per heavy atom. The number of fused-ring (bicyclic) bond motifs is 1. The molecular formula is C25H29N3O4S. The Morgan fingerprint density at radius 1 is 1.12 bits per heavy atom. The second kappa shape index (κ2) is 8.68. The van der Waals surface area contributed by atoms with Gasteiger partial charge >= 0.3 is 0 Å². The van der Waals surface area contributed by atoms with Gasteiger partial charge in [0.2, 0.25) is 15.9 Å². The van der Waals surface area contributed by atoms with Crippen LogP contribution in [0.5, 0.6) is 5.75 Å². The van der Waals surface area contributed by atoms with Gasteiger partial charge in [0.1, 0.15) is 5.75 Å². The molecule has 0 spiro atoms. The van der Waals surface area contributed by atoms with Crippen molar-refractivity contribution in [3.8, 4) is 11.4 Å². The normalized spacial score (nSPS) is 15.5. The van der Waals surface area contributed by atoms with E-state index < -0.39 is 10.0 Å². The minimum atomic E-state index is -3.71. The van der Waals surface area contributed by atoms with Crippen LogP contribution in [0.3, 0.4) is 0 Å². The monoisotopic (exact) mass is 467 g/mol. The number of methoxy groups -OCH3 is 1. The lowest BCUT2D eigenvalue weighted by Crippen LogP contribution is -2.33. The fourth-order valence-electron chi connectivity index (χ4n) is 4.65. The summed E-state index contributed by atoms with van der Waals surface area (Å²) in [7, 11) is -2.08. The number of aryl methyl sites for hydroxylation is 1. The van der Waals surface area contributed by atoms with E-state index in [1.54, 1.807) is 30.2 Å². The highest BCUT2D eigenvalue weighted by Gasteiger charge is 2.30. The summed E-state index contributed by atoms with van der Waals surface area (Å²) in [4.78, 5) is 13.9. The van der Waals surface area contributed by atoms with E-state index in [2.05, 4.69) is 9.29 Å². The van der Waals surface area contributed by atoms with Crippen LogP contribution in [-0.4, -0.2) is 32.0 Å². The summed E-state index contributed by atoms with van der Waals surface area (Å²) in [5, 5.41) is 0. The maximum absolute atomic E-state index is 13.0. The number of aromatic nitrogens is 1. The Morgan fingerprint density at radius 3 is 2.45 bits per heavy atom. The Labute approximate surface area is 195 Å². The van der Waals surface area contributed by atoms with Gasteiger partial charge in [-0.1, -0.05) is 0 Å². The number of nitrogens with one attached hydrogen (secondary N) is 1. The maximum Gasteiger partial charge on any atom is 0.240 e. The second-order valence-corrected chi connectivity index (χ2v) is 10.3. The smallest absolute Gasteiger partial charge is 0.240 e. The molecule has 0 bridgehead atoms. The number of hydrogen-bond acceptors (Lipinski definition) is 4. The fourth-order valence-corrected chi connectivity index (χ4v) is 5.70. The van der Waals surface area contributed by atoms with E-state index >= 15 is 0 Å². The predicted molar refractivity (Wildman–Crippen MR) is 129 cm³/mol. The minimum absolute atomic E-state index is 0.0201. The van der Waals surface area contributed by atoms with E-state index in [1.165, 1.54) is 6.92 Å². The molecule has 33 heavy (non-hydrogen) atoms. The minimum Gasteiger partial charge on any atom is -0.497 e. The molecule has 1 aliphatic rings. The molecule has 2 heterocycles. The fraction of sp³-hybridized carbons (Fsp3) is 0.320. The molecule has 1 atom stereocenters. The summed E-state index contributed by atoms with van der Waals surface area (Å²) < 4.78 is 36.1. The third kappa shape index (κ3) is 4.28. The summed E-state index contributed by atoms with van der Waals surface area (Å²) in [5.41, 5.74) is 5.55. The summed E-state index contributed by atoms with van der Waals surface area (Å²) in [6.45, 7) is 7.66. The first-order valence-corrected chi connectivity index (χ1v) is 12.4. The van der Waals surface area contributed by atoms with E-state index in [1.807, 2.05) is 51.1 Å². The molecule has 7 nitrogen and oxygen atoms in total. The SMILES string of the molecule is COc1ccc(-n2c(C)cc(CNS(=O)(=O)c3ccc4c(c3)CC(C)N4C(C)=O)c2C)cc1.